The van der Waals surface area contributed by atoms with Gasteiger partial charge in [0.15, 0.2) is 0 Å². The number of amides is 2. The molecule has 0 spiro atoms. The molecular formula is C13H19N3O2. The predicted molar refractivity (Wildman–Crippen MR) is 69.4 cm³/mol. The molecule has 2 N–H and O–H groups in total. The number of carbonyl (C=O) groups excluding carboxylic acids is 1. The van der Waals surface area contributed by atoms with Gasteiger partial charge in [-0.3, -0.25) is 4.98 Å². The highest BCUT2D eigenvalue weighted by molar-refractivity contribution is 5.89. The topological polar surface area (TPSA) is 65.5 Å². The Balaban J connectivity index is 1.96. The molecule has 1 aromatic rings. The molecule has 1 fully saturated rings. The molecule has 0 radical (unpaired) electrons. The standard InChI is InChI=1S/C13H19N3O2/c1-9-4-6-16(8-12(9)17)13(18)15-11-3-5-14-10(2)7-11/h3,5,7,9,12,17H,4,6,8H2,1-2H3,(H,14,15,18). The summed E-state index contributed by atoms with van der Waals surface area (Å²) in [5, 5.41) is 12.6. The van der Waals surface area contributed by atoms with E-state index in [9.17, 15) is 9.90 Å². The monoisotopic (exact) mass is 249 g/mol. The van der Waals surface area contributed by atoms with Gasteiger partial charge in [-0.2, -0.15) is 0 Å². The Bertz CT molecular complexity index is 436. The molecule has 2 rings (SSSR count). The molecule has 1 aromatic heterocycles. The van der Waals surface area contributed by atoms with Crippen LogP contribution in [0.25, 0.3) is 0 Å². The van der Waals surface area contributed by atoms with Crippen LogP contribution < -0.4 is 5.32 Å². The van der Waals surface area contributed by atoms with Crippen LogP contribution in [0.15, 0.2) is 18.3 Å². The first kappa shape index (κ1) is 12.8. The maximum Gasteiger partial charge on any atom is 0.321 e. The summed E-state index contributed by atoms with van der Waals surface area (Å²) < 4.78 is 0. The third-order valence-corrected chi connectivity index (χ3v) is 3.35. The van der Waals surface area contributed by atoms with Crippen molar-refractivity contribution in [3.05, 3.63) is 24.0 Å². The van der Waals surface area contributed by atoms with Crippen molar-refractivity contribution in [3.8, 4) is 0 Å². The third-order valence-electron chi connectivity index (χ3n) is 3.35. The van der Waals surface area contributed by atoms with Crippen LogP contribution in [-0.2, 0) is 0 Å². The highest BCUT2D eigenvalue weighted by Gasteiger charge is 2.27. The Morgan fingerprint density at radius 1 is 1.61 bits per heavy atom. The molecule has 0 aromatic carbocycles. The number of anilines is 1. The number of nitrogens with one attached hydrogen (secondary N) is 1. The number of urea groups is 1. The minimum absolute atomic E-state index is 0.161. The zero-order valence-corrected chi connectivity index (χ0v) is 10.8. The Morgan fingerprint density at radius 2 is 2.39 bits per heavy atom. The molecule has 0 saturated carbocycles. The first-order valence-electron chi connectivity index (χ1n) is 6.23. The van der Waals surface area contributed by atoms with Gasteiger partial charge in [-0.15, -0.1) is 0 Å². The van der Waals surface area contributed by atoms with Crippen LogP contribution in [0.5, 0.6) is 0 Å². The van der Waals surface area contributed by atoms with E-state index in [1.165, 1.54) is 0 Å². The van der Waals surface area contributed by atoms with Crippen molar-refractivity contribution in [3.63, 3.8) is 0 Å². The van der Waals surface area contributed by atoms with E-state index < -0.39 is 6.10 Å². The van der Waals surface area contributed by atoms with Crippen molar-refractivity contribution in [2.45, 2.75) is 26.4 Å². The van der Waals surface area contributed by atoms with Crippen LogP contribution in [0.2, 0.25) is 0 Å². The van der Waals surface area contributed by atoms with Crippen LogP contribution in [0, 0.1) is 12.8 Å². The molecule has 5 nitrogen and oxygen atoms in total. The number of aryl methyl sites for hydroxylation is 1. The third kappa shape index (κ3) is 2.98. The number of aliphatic hydroxyl groups excluding tert-OH is 1. The van der Waals surface area contributed by atoms with E-state index in [0.29, 0.717) is 13.1 Å². The van der Waals surface area contributed by atoms with E-state index in [0.717, 1.165) is 17.8 Å². The van der Waals surface area contributed by atoms with E-state index in [-0.39, 0.29) is 11.9 Å². The van der Waals surface area contributed by atoms with E-state index >= 15 is 0 Å². The lowest BCUT2D eigenvalue weighted by atomic mass is 9.96. The van der Waals surface area contributed by atoms with Gasteiger partial charge in [0.05, 0.1) is 6.10 Å². The second-order valence-electron chi connectivity index (χ2n) is 4.90. The maximum absolute atomic E-state index is 12.0. The maximum atomic E-state index is 12.0. The number of aromatic nitrogens is 1. The number of rotatable bonds is 1. The summed E-state index contributed by atoms with van der Waals surface area (Å²) in [6, 6.07) is 3.42. The summed E-state index contributed by atoms with van der Waals surface area (Å²) in [4.78, 5) is 17.7. The molecule has 2 unspecified atom stereocenters. The van der Waals surface area contributed by atoms with E-state index in [4.69, 9.17) is 0 Å². The molecule has 98 valence electrons. The van der Waals surface area contributed by atoms with Crippen LogP contribution in [0.1, 0.15) is 19.0 Å². The average Bonchev–Trinajstić information content (AvgIpc) is 2.32. The number of piperidine rings is 1. The van der Waals surface area contributed by atoms with Gasteiger partial charge in [-0.05, 0) is 31.4 Å². The zero-order chi connectivity index (χ0) is 13.1. The smallest absolute Gasteiger partial charge is 0.321 e. The fourth-order valence-electron chi connectivity index (χ4n) is 2.06. The molecule has 18 heavy (non-hydrogen) atoms. The molecule has 0 bridgehead atoms. The molecule has 5 heteroatoms. The molecule has 2 amide bonds. The molecule has 2 atom stereocenters. The van der Waals surface area contributed by atoms with Crippen molar-refractivity contribution in [1.29, 1.82) is 0 Å². The molecule has 0 aliphatic carbocycles. The summed E-state index contributed by atoms with van der Waals surface area (Å²) in [5.41, 5.74) is 1.60. The zero-order valence-electron chi connectivity index (χ0n) is 10.8. The van der Waals surface area contributed by atoms with E-state index in [2.05, 4.69) is 10.3 Å². The first-order chi connectivity index (χ1) is 8.56. The SMILES string of the molecule is Cc1cc(NC(=O)N2CCC(C)C(O)C2)ccn1. The number of aliphatic hydroxyl groups is 1. The van der Waals surface area contributed by atoms with Crippen LogP contribution in [-0.4, -0.2) is 40.2 Å². The van der Waals surface area contributed by atoms with E-state index in [1.807, 2.05) is 19.9 Å². The average molecular weight is 249 g/mol. The Labute approximate surface area is 107 Å². The van der Waals surface area contributed by atoms with Crippen LogP contribution in [0.3, 0.4) is 0 Å². The van der Waals surface area contributed by atoms with Crippen molar-refractivity contribution in [1.82, 2.24) is 9.88 Å². The highest BCUT2D eigenvalue weighted by atomic mass is 16.3. The van der Waals surface area contributed by atoms with Gasteiger partial charge in [0, 0.05) is 30.7 Å². The number of likely N-dealkylation sites (tertiary alicyclic amines) is 1. The highest BCUT2D eigenvalue weighted by Crippen LogP contribution is 2.18. The van der Waals surface area contributed by atoms with Gasteiger partial charge in [0.2, 0.25) is 0 Å². The fraction of sp³-hybridized carbons (Fsp3) is 0.538. The number of pyridine rings is 1. The van der Waals surface area contributed by atoms with Gasteiger partial charge in [-0.1, -0.05) is 6.92 Å². The molecule has 1 aliphatic rings. The van der Waals surface area contributed by atoms with Gasteiger partial charge in [0.1, 0.15) is 0 Å². The predicted octanol–water partition coefficient (Wildman–Crippen LogP) is 1.62. The molecule has 1 saturated heterocycles. The lowest BCUT2D eigenvalue weighted by molar-refractivity contribution is 0.0464. The van der Waals surface area contributed by atoms with Gasteiger partial charge >= 0.3 is 6.03 Å². The van der Waals surface area contributed by atoms with Crippen LogP contribution in [0.4, 0.5) is 10.5 Å². The Morgan fingerprint density at radius 3 is 3.06 bits per heavy atom. The van der Waals surface area contributed by atoms with Crippen LogP contribution >= 0.6 is 0 Å². The minimum atomic E-state index is -0.427. The Hall–Kier alpha value is -1.62. The summed E-state index contributed by atoms with van der Waals surface area (Å²) >= 11 is 0. The van der Waals surface area contributed by atoms with Gasteiger partial charge < -0.3 is 15.3 Å². The summed E-state index contributed by atoms with van der Waals surface area (Å²) in [6.07, 6.45) is 2.07. The van der Waals surface area contributed by atoms with Crippen molar-refractivity contribution >= 4 is 11.7 Å². The number of nitrogens with zero attached hydrogens (tertiary/aromatic N) is 2. The second kappa shape index (κ2) is 5.35. The van der Waals surface area contributed by atoms with E-state index in [1.54, 1.807) is 17.2 Å². The molecule has 1 aliphatic heterocycles. The van der Waals surface area contributed by atoms with Crippen molar-refractivity contribution in [2.75, 3.05) is 18.4 Å². The quantitative estimate of drug-likeness (QED) is 0.795. The van der Waals surface area contributed by atoms with Crippen molar-refractivity contribution in [2.24, 2.45) is 5.92 Å². The lowest BCUT2D eigenvalue weighted by Gasteiger charge is -2.34. The van der Waals surface area contributed by atoms with Crippen molar-refractivity contribution < 1.29 is 9.90 Å². The second-order valence-corrected chi connectivity index (χ2v) is 4.90. The lowest BCUT2D eigenvalue weighted by Crippen LogP contribution is -2.47. The molecular weight excluding hydrogens is 230 g/mol. The summed E-state index contributed by atoms with van der Waals surface area (Å²) in [7, 11) is 0. The minimum Gasteiger partial charge on any atom is -0.391 e. The largest absolute Gasteiger partial charge is 0.391 e. The number of β-amino-alcohol motifs (C(OH)–C–C–N with tert-alkyl or cyclic N) is 1. The fourth-order valence-corrected chi connectivity index (χ4v) is 2.06. The molecule has 2 heterocycles. The normalized spacial score (nSPS) is 23.8. The number of hydrogen-bond acceptors (Lipinski definition) is 3. The number of carbonyl (C=O) groups is 1. The van der Waals surface area contributed by atoms with Gasteiger partial charge in [-0.25, -0.2) is 4.79 Å². The number of hydrogen-bond donors (Lipinski definition) is 2. The summed E-state index contributed by atoms with van der Waals surface area (Å²) in [5.74, 6) is 0.261. The Kier molecular flexibility index (Phi) is 3.81. The first-order valence-corrected chi connectivity index (χ1v) is 6.23. The van der Waals surface area contributed by atoms with Gasteiger partial charge in [0.25, 0.3) is 0 Å². The summed E-state index contributed by atoms with van der Waals surface area (Å²) in [6.45, 7) is 4.97.